The predicted octanol–water partition coefficient (Wildman–Crippen LogP) is 3.74. The number of rotatable bonds is 4. The summed E-state index contributed by atoms with van der Waals surface area (Å²) in [6.45, 7) is 9.61. The highest BCUT2D eigenvalue weighted by molar-refractivity contribution is 5.49. The van der Waals surface area contributed by atoms with Crippen LogP contribution in [0.1, 0.15) is 6.92 Å². The van der Waals surface area contributed by atoms with Gasteiger partial charge in [0.15, 0.2) is 0 Å². The van der Waals surface area contributed by atoms with Crippen molar-refractivity contribution < 1.29 is 0 Å². The van der Waals surface area contributed by atoms with Crippen molar-refractivity contribution in [1.29, 1.82) is 0 Å². The molecule has 0 radical (unpaired) electrons. The molecule has 0 aliphatic heterocycles. The van der Waals surface area contributed by atoms with E-state index in [-0.39, 0.29) is 0 Å². The number of allylic oxidation sites excluding steroid dienone is 3. The van der Waals surface area contributed by atoms with Crippen molar-refractivity contribution in [3.05, 3.63) is 66.9 Å². The molecule has 1 aromatic carbocycles. The van der Waals surface area contributed by atoms with Gasteiger partial charge in [0.2, 0.25) is 0 Å². The Labute approximate surface area is 85.5 Å². The number of benzene rings is 1. The van der Waals surface area contributed by atoms with Gasteiger partial charge in [0.05, 0.1) is 0 Å². The second-order valence-corrected chi connectivity index (χ2v) is 3.20. The van der Waals surface area contributed by atoms with E-state index in [4.69, 9.17) is 0 Å². The van der Waals surface area contributed by atoms with Crippen LogP contribution in [-0.4, -0.2) is 0 Å². The molecule has 1 nitrogen and oxygen atoms in total. The van der Waals surface area contributed by atoms with Crippen LogP contribution in [0.15, 0.2) is 66.9 Å². The highest BCUT2D eigenvalue weighted by Crippen LogP contribution is 2.08. The van der Waals surface area contributed by atoms with E-state index < -0.39 is 0 Å². The fraction of sp³-hybridized carbons (Fsp3) is 0.0769. The highest BCUT2D eigenvalue weighted by Gasteiger charge is 1.89. The van der Waals surface area contributed by atoms with Gasteiger partial charge >= 0.3 is 0 Å². The lowest BCUT2D eigenvalue weighted by molar-refractivity contribution is 1.47. The van der Waals surface area contributed by atoms with E-state index in [1.807, 2.05) is 49.4 Å². The van der Waals surface area contributed by atoms with Crippen LogP contribution in [0.3, 0.4) is 0 Å². The van der Waals surface area contributed by atoms with Crippen molar-refractivity contribution >= 4 is 5.69 Å². The Morgan fingerprint density at radius 1 is 1.14 bits per heavy atom. The van der Waals surface area contributed by atoms with Gasteiger partial charge < -0.3 is 5.32 Å². The van der Waals surface area contributed by atoms with E-state index in [0.29, 0.717) is 0 Å². The van der Waals surface area contributed by atoms with Crippen LogP contribution < -0.4 is 5.32 Å². The zero-order valence-corrected chi connectivity index (χ0v) is 8.46. The van der Waals surface area contributed by atoms with Crippen LogP contribution in [-0.2, 0) is 0 Å². The lowest BCUT2D eigenvalue weighted by Crippen LogP contribution is -1.94. The van der Waals surface area contributed by atoms with Crippen molar-refractivity contribution in [2.75, 3.05) is 5.32 Å². The third-order valence-corrected chi connectivity index (χ3v) is 1.65. The van der Waals surface area contributed by atoms with Crippen molar-refractivity contribution in [2.24, 2.45) is 0 Å². The molecule has 0 heterocycles. The van der Waals surface area contributed by atoms with Crippen molar-refractivity contribution in [3.63, 3.8) is 0 Å². The second-order valence-electron chi connectivity index (χ2n) is 3.20. The van der Waals surface area contributed by atoms with Crippen molar-refractivity contribution in [1.82, 2.24) is 0 Å². The first-order valence-electron chi connectivity index (χ1n) is 4.53. The molecule has 1 heteroatoms. The first-order chi connectivity index (χ1) is 6.68. The Bertz CT molecular complexity index is 347. The van der Waals surface area contributed by atoms with E-state index in [1.54, 1.807) is 0 Å². The Hall–Kier alpha value is -1.76. The maximum atomic E-state index is 3.88. The van der Waals surface area contributed by atoms with Gasteiger partial charge in [-0.1, -0.05) is 43.0 Å². The Balaban J connectivity index is 2.54. The number of anilines is 1. The molecule has 0 unspecified atom stereocenters. The summed E-state index contributed by atoms with van der Waals surface area (Å²) in [6, 6.07) is 9.95. The first kappa shape index (κ1) is 10.3. The van der Waals surface area contributed by atoms with E-state index in [1.165, 1.54) is 0 Å². The molecule has 1 N–H and O–H groups in total. The van der Waals surface area contributed by atoms with Gasteiger partial charge in [0.25, 0.3) is 0 Å². The Morgan fingerprint density at radius 2 is 1.79 bits per heavy atom. The molecule has 1 aromatic rings. The lowest BCUT2D eigenvalue weighted by Gasteiger charge is -2.04. The van der Waals surface area contributed by atoms with Gasteiger partial charge in [-0.2, -0.15) is 0 Å². The van der Waals surface area contributed by atoms with Crippen LogP contribution in [0.25, 0.3) is 0 Å². The SMILES string of the molecule is C=C(C)/C=C\C(=C)Nc1ccccc1. The van der Waals surface area contributed by atoms with Crippen LogP contribution >= 0.6 is 0 Å². The minimum Gasteiger partial charge on any atom is -0.356 e. The molecule has 0 saturated carbocycles. The van der Waals surface area contributed by atoms with Crippen LogP contribution in [0.2, 0.25) is 0 Å². The summed E-state index contributed by atoms with van der Waals surface area (Å²) in [6.07, 6.45) is 3.84. The van der Waals surface area contributed by atoms with E-state index in [0.717, 1.165) is 17.0 Å². The lowest BCUT2D eigenvalue weighted by atomic mass is 10.2. The normalized spacial score (nSPS) is 10.1. The summed E-state index contributed by atoms with van der Waals surface area (Å²) >= 11 is 0. The molecular formula is C13H15N. The van der Waals surface area contributed by atoms with E-state index in [9.17, 15) is 0 Å². The second kappa shape index (κ2) is 5.07. The smallest absolute Gasteiger partial charge is 0.0384 e. The number of nitrogens with one attached hydrogen (secondary N) is 1. The van der Waals surface area contributed by atoms with Gasteiger partial charge in [0.1, 0.15) is 0 Å². The topological polar surface area (TPSA) is 12.0 Å². The minimum atomic E-state index is 0.860. The minimum absolute atomic E-state index is 0.860. The van der Waals surface area contributed by atoms with Crippen molar-refractivity contribution in [3.8, 4) is 0 Å². The molecule has 0 aliphatic rings. The summed E-state index contributed by atoms with van der Waals surface area (Å²) in [4.78, 5) is 0. The van der Waals surface area contributed by atoms with Gasteiger partial charge in [-0.05, 0) is 25.1 Å². The largest absolute Gasteiger partial charge is 0.356 e. The fourth-order valence-corrected chi connectivity index (χ4v) is 0.991. The third-order valence-electron chi connectivity index (χ3n) is 1.65. The molecule has 72 valence electrons. The summed E-state index contributed by atoms with van der Waals surface area (Å²) in [5.74, 6) is 0. The van der Waals surface area contributed by atoms with Gasteiger partial charge in [-0.15, -0.1) is 0 Å². The number of para-hydroxylation sites is 1. The third kappa shape index (κ3) is 3.76. The van der Waals surface area contributed by atoms with Crippen LogP contribution in [0.4, 0.5) is 5.69 Å². The molecule has 0 atom stereocenters. The summed E-state index contributed by atoms with van der Waals surface area (Å²) < 4.78 is 0. The molecule has 0 spiro atoms. The van der Waals surface area contributed by atoms with E-state index in [2.05, 4.69) is 18.5 Å². The molecule has 0 aliphatic carbocycles. The molecular weight excluding hydrogens is 170 g/mol. The Kier molecular flexibility index (Phi) is 3.74. The number of hydrogen-bond donors (Lipinski definition) is 1. The molecule has 0 fully saturated rings. The predicted molar refractivity (Wildman–Crippen MR) is 63.2 cm³/mol. The summed E-state index contributed by atoms with van der Waals surface area (Å²) in [5.41, 5.74) is 2.92. The van der Waals surface area contributed by atoms with E-state index >= 15 is 0 Å². The quantitative estimate of drug-likeness (QED) is 0.704. The fourth-order valence-electron chi connectivity index (χ4n) is 0.991. The molecule has 1 rings (SSSR count). The molecule has 0 saturated heterocycles. The standard InChI is InChI=1S/C13H15N/c1-11(2)9-10-12(3)14-13-7-5-4-6-8-13/h4-10,14H,1,3H2,2H3/b10-9-. The van der Waals surface area contributed by atoms with Gasteiger partial charge in [0, 0.05) is 11.4 Å². The average Bonchev–Trinajstić information content (AvgIpc) is 2.16. The highest BCUT2D eigenvalue weighted by atomic mass is 14.9. The van der Waals surface area contributed by atoms with Crippen LogP contribution in [0.5, 0.6) is 0 Å². The van der Waals surface area contributed by atoms with Crippen molar-refractivity contribution in [2.45, 2.75) is 6.92 Å². The Morgan fingerprint density at radius 3 is 2.36 bits per heavy atom. The molecule has 0 bridgehead atoms. The zero-order chi connectivity index (χ0) is 10.4. The average molecular weight is 185 g/mol. The maximum Gasteiger partial charge on any atom is 0.0384 e. The van der Waals surface area contributed by atoms with Gasteiger partial charge in [-0.25, -0.2) is 0 Å². The van der Waals surface area contributed by atoms with Crippen LogP contribution in [0, 0.1) is 0 Å². The monoisotopic (exact) mass is 185 g/mol. The van der Waals surface area contributed by atoms with Gasteiger partial charge in [-0.3, -0.25) is 0 Å². The maximum absolute atomic E-state index is 3.88. The zero-order valence-electron chi connectivity index (χ0n) is 8.46. The first-order valence-corrected chi connectivity index (χ1v) is 4.53. The number of hydrogen-bond acceptors (Lipinski definition) is 1. The summed E-state index contributed by atoms with van der Waals surface area (Å²) in [5, 5.41) is 3.17. The summed E-state index contributed by atoms with van der Waals surface area (Å²) in [7, 11) is 0. The molecule has 0 aromatic heterocycles. The molecule has 0 amide bonds. The molecule has 14 heavy (non-hydrogen) atoms.